The molecule has 0 aliphatic heterocycles. The maximum absolute atomic E-state index is 12.3. The van der Waals surface area contributed by atoms with E-state index in [1.165, 1.54) is 0 Å². The molecule has 0 aliphatic rings. The third kappa shape index (κ3) is 1.70. The predicted octanol–water partition coefficient (Wildman–Crippen LogP) is 2.80. The van der Waals surface area contributed by atoms with E-state index >= 15 is 0 Å². The van der Waals surface area contributed by atoms with Gasteiger partial charge in [0.05, 0.1) is 17.4 Å². The Morgan fingerprint density at radius 3 is 2.61 bits per heavy atom. The van der Waals surface area contributed by atoms with Crippen molar-refractivity contribution < 1.29 is 4.79 Å². The molecule has 0 unspecified atom stereocenters. The number of fused-ring (bicyclic) bond motifs is 1. The minimum Gasteiger partial charge on any atom is -0.334 e. The van der Waals surface area contributed by atoms with Crippen LogP contribution >= 0.6 is 0 Å². The molecule has 0 radical (unpaired) electrons. The fourth-order valence-corrected chi connectivity index (χ4v) is 2.03. The van der Waals surface area contributed by atoms with E-state index in [1.54, 1.807) is 6.33 Å². The second-order valence-electron chi connectivity index (χ2n) is 4.25. The van der Waals surface area contributed by atoms with Gasteiger partial charge in [-0.05, 0) is 18.2 Å². The van der Waals surface area contributed by atoms with Crippen LogP contribution in [0.2, 0.25) is 0 Å². The van der Waals surface area contributed by atoms with Gasteiger partial charge in [-0.15, -0.1) is 0 Å². The van der Waals surface area contributed by atoms with Crippen molar-refractivity contribution in [1.29, 1.82) is 0 Å². The Kier molecular flexibility index (Phi) is 2.45. The van der Waals surface area contributed by atoms with E-state index < -0.39 is 0 Å². The van der Waals surface area contributed by atoms with Crippen LogP contribution in [0.25, 0.3) is 11.0 Å². The molecule has 3 rings (SSSR count). The van der Waals surface area contributed by atoms with E-state index in [0.29, 0.717) is 11.1 Å². The molecule has 0 atom stereocenters. The summed E-state index contributed by atoms with van der Waals surface area (Å²) in [5, 5.41) is 0. The highest BCUT2D eigenvalue weighted by Gasteiger charge is 2.10. The molecule has 0 N–H and O–H groups in total. The molecule has 2 aromatic carbocycles. The van der Waals surface area contributed by atoms with Crippen molar-refractivity contribution in [2.24, 2.45) is 7.05 Å². The molecular weight excluding hydrogens is 224 g/mol. The van der Waals surface area contributed by atoms with E-state index in [1.807, 2.05) is 60.1 Å². The maximum Gasteiger partial charge on any atom is 0.193 e. The molecule has 0 amide bonds. The standard InChI is InChI=1S/C15H12N2O/c1-17-10-16-13-9-12(7-8-14(13)17)15(18)11-5-3-2-4-6-11/h2-10H,1H3. The molecule has 0 bridgehead atoms. The van der Waals surface area contributed by atoms with Gasteiger partial charge in [0.25, 0.3) is 0 Å². The molecule has 3 nitrogen and oxygen atoms in total. The fourth-order valence-electron chi connectivity index (χ4n) is 2.03. The van der Waals surface area contributed by atoms with Crippen molar-refractivity contribution in [3.8, 4) is 0 Å². The number of imidazole rings is 1. The Morgan fingerprint density at radius 2 is 1.83 bits per heavy atom. The minimum absolute atomic E-state index is 0.0307. The van der Waals surface area contributed by atoms with E-state index in [2.05, 4.69) is 4.98 Å². The molecular formula is C15H12N2O. The second-order valence-corrected chi connectivity index (χ2v) is 4.25. The van der Waals surface area contributed by atoms with Crippen LogP contribution in [-0.4, -0.2) is 15.3 Å². The molecule has 0 fully saturated rings. The van der Waals surface area contributed by atoms with Gasteiger partial charge in [-0.2, -0.15) is 0 Å². The number of hydrogen-bond donors (Lipinski definition) is 0. The Morgan fingerprint density at radius 1 is 1.06 bits per heavy atom. The molecule has 3 heteroatoms. The van der Waals surface area contributed by atoms with E-state index in [4.69, 9.17) is 0 Å². The first kappa shape index (κ1) is 10.7. The Labute approximate surface area is 105 Å². The van der Waals surface area contributed by atoms with Crippen molar-refractivity contribution in [2.75, 3.05) is 0 Å². The van der Waals surface area contributed by atoms with Crippen molar-refractivity contribution in [1.82, 2.24) is 9.55 Å². The molecule has 0 saturated carbocycles. The zero-order chi connectivity index (χ0) is 12.5. The van der Waals surface area contributed by atoms with E-state index in [9.17, 15) is 4.79 Å². The molecule has 88 valence electrons. The molecule has 0 spiro atoms. The molecule has 0 saturated heterocycles. The average molecular weight is 236 g/mol. The van der Waals surface area contributed by atoms with Crippen LogP contribution in [0.1, 0.15) is 15.9 Å². The summed E-state index contributed by atoms with van der Waals surface area (Å²) in [6.45, 7) is 0. The summed E-state index contributed by atoms with van der Waals surface area (Å²) < 4.78 is 1.94. The lowest BCUT2D eigenvalue weighted by molar-refractivity contribution is 0.103. The van der Waals surface area contributed by atoms with Gasteiger partial charge >= 0.3 is 0 Å². The normalized spacial score (nSPS) is 10.7. The number of nitrogens with zero attached hydrogens (tertiary/aromatic N) is 2. The van der Waals surface area contributed by atoms with Gasteiger partial charge in [0.1, 0.15) is 0 Å². The number of aromatic nitrogens is 2. The Balaban J connectivity index is 2.07. The summed E-state index contributed by atoms with van der Waals surface area (Å²) in [5.74, 6) is 0.0307. The lowest BCUT2D eigenvalue weighted by Gasteiger charge is -2.01. The number of hydrogen-bond acceptors (Lipinski definition) is 2. The SMILES string of the molecule is Cn1cnc2cc(C(=O)c3ccccc3)ccc21. The first-order valence-electron chi connectivity index (χ1n) is 5.76. The van der Waals surface area contributed by atoms with Crippen molar-refractivity contribution in [2.45, 2.75) is 0 Å². The topological polar surface area (TPSA) is 34.9 Å². The zero-order valence-corrected chi connectivity index (χ0v) is 10.00. The highest BCUT2D eigenvalue weighted by atomic mass is 16.1. The summed E-state index contributed by atoms with van der Waals surface area (Å²) in [6, 6.07) is 14.9. The van der Waals surface area contributed by atoms with Gasteiger partial charge in [0, 0.05) is 18.2 Å². The molecule has 18 heavy (non-hydrogen) atoms. The van der Waals surface area contributed by atoms with Gasteiger partial charge in [0.15, 0.2) is 5.78 Å². The van der Waals surface area contributed by atoms with E-state index in [0.717, 1.165) is 11.0 Å². The van der Waals surface area contributed by atoms with Crippen LogP contribution < -0.4 is 0 Å². The Bertz CT molecular complexity index is 714. The summed E-state index contributed by atoms with van der Waals surface area (Å²) in [6.07, 6.45) is 1.75. The summed E-state index contributed by atoms with van der Waals surface area (Å²) in [5.41, 5.74) is 3.25. The highest BCUT2D eigenvalue weighted by Crippen LogP contribution is 2.16. The lowest BCUT2D eigenvalue weighted by Crippen LogP contribution is -2.00. The fraction of sp³-hybridized carbons (Fsp3) is 0.0667. The zero-order valence-electron chi connectivity index (χ0n) is 10.00. The monoisotopic (exact) mass is 236 g/mol. The van der Waals surface area contributed by atoms with Gasteiger partial charge in [-0.25, -0.2) is 4.98 Å². The van der Waals surface area contributed by atoms with Crippen molar-refractivity contribution in [3.63, 3.8) is 0 Å². The van der Waals surface area contributed by atoms with Crippen molar-refractivity contribution >= 4 is 16.8 Å². The number of ketones is 1. The minimum atomic E-state index is 0.0307. The van der Waals surface area contributed by atoms with Gasteiger partial charge < -0.3 is 4.57 Å². The van der Waals surface area contributed by atoms with Gasteiger partial charge in [0.2, 0.25) is 0 Å². The molecule has 0 aliphatic carbocycles. The third-order valence-electron chi connectivity index (χ3n) is 3.02. The predicted molar refractivity (Wildman–Crippen MR) is 70.6 cm³/mol. The highest BCUT2D eigenvalue weighted by molar-refractivity contribution is 6.10. The smallest absolute Gasteiger partial charge is 0.193 e. The summed E-state index contributed by atoms with van der Waals surface area (Å²) >= 11 is 0. The molecule has 3 aromatic rings. The van der Waals surface area contributed by atoms with Crippen LogP contribution in [0, 0.1) is 0 Å². The van der Waals surface area contributed by atoms with Crippen LogP contribution in [0.15, 0.2) is 54.9 Å². The van der Waals surface area contributed by atoms with Crippen LogP contribution in [0.4, 0.5) is 0 Å². The van der Waals surface area contributed by atoms with Crippen molar-refractivity contribution in [3.05, 3.63) is 66.0 Å². The number of carbonyl (C=O) groups excluding carboxylic acids is 1. The number of benzene rings is 2. The number of rotatable bonds is 2. The van der Waals surface area contributed by atoms with Gasteiger partial charge in [-0.3, -0.25) is 4.79 Å². The largest absolute Gasteiger partial charge is 0.334 e. The van der Waals surface area contributed by atoms with Crippen LogP contribution in [0.5, 0.6) is 0 Å². The van der Waals surface area contributed by atoms with E-state index in [-0.39, 0.29) is 5.78 Å². The first-order valence-corrected chi connectivity index (χ1v) is 5.76. The van der Waals surface area contributed by atoms with Crippen LogP contribution in [-0.2, 0) is 7.05 Å². The third-order valence-corrected chi connectivity index (χ3v) is 3.02. The quantitative estimate of drug-likeness (QED) is 0.641. The summed E-state index contributed by atoms with van der Waals surface area (Å²) in [7, 11) is 1.94. The number of carbonyl (C=O) groups is 1. The van der Waals surface area contributed by atoms with Crippen LogP contribution in [0.3, 0.4) is 0 Å². The second kappa shape index (κ2) is 4.11. The molecule has 1 heterocycles. The maximum atomic E-state index is 12.3. The lowest BCUT2D eigenvalue weighted by atomic mass is 10.0. The first-order chi connectivity index (χ1) is 8.75. The van der Waals surface area contributed by atoms with Gasteiger partial charge in [-0.1, -0.05) is 30.3 Å². The molecule has 1 aromatic heterocycles. The Hall–Kier alpha value is -2.42. The summed E-state index contributed by atoms with van der Waals surface area (Å²) in [4.78, 5) is 16.5. The average Bonchev–Trinajstić information content (AvgIpc) is 2.80. The number of aryl methyl sites for hydroxylation is 1.